The van der Waals surface area contributed by atoms with E-state index in [1.54, 1.807) is 11.3 Å². The molecule has 0 spiro atoms. The van der Waals surface area contributed by atoms with Crippen molar-refractivity contribution in [2.45, 2.75) is 26.7 Å². The average Bonchev–Trinajstić information content (AvgIpc) is 2.79. The Morgan fingerprint density at radius 2 is 2.38 bits per heavy atom. The van der Waals surface area contributed by atoms with Crippen LogP contribution in [0.1, 0.15) is 31.6 Å². The van der Waals surface area contributed by atoms with E-state index in [-0.39, 0.29) is 0 Å². The minimum absolute atomic E-state index is 0.587. The first-order valence-electron chi connectivity index (χ1n) is 5.36. The van der Waals surface area contributed by atoms with Crippen molar-refractivity contribution in [3.05, 3.63) is 22.4 Å². The minimum atomic E-state index is 0.587. The van der Waals surface area contributed by atoms with Gasteiger partial charge in [-0.3, -0.25) is 5.43 Å². The van der Waals surface area contributed by atoms with Crippen LogP contribution in [0.4, 0.5) is 0 Å². The number of thiocarbonyl (C=S) groups is 1. The topological polar surface area (TPSA) is 36.4 Å². The molecule has 0 aromatic carbocycles. The number of hydrogen-bond acceptors (Lipinski definition) is 3. The van der Waals surface area contributed by atoms with Gasteiger partial charge in [-0.15, -0.1) is 11.3 Å². The van der Waals surface area contributed by atoms with Gasteiger partial charge in [0.05, 0.1) is 5.71 Å². The van der Waals surface area contributed by atoms with Crippen LogP contribution in [0.25, 0.3) is 0 Å². The van der Waals surface area contributed by atoms with Gasteiger partial charge in [0.1, 0.15) is 0 Å². The molecule has 0 atom stereocenters. The first kappa shape index (κ1) is 13.1. The van der Waals surface area contributed by atoms with Gasteiger partial charge >= 0.3 is 0 Å². The van der Waals surface area contributed by atoms with Crippen molar-refractivity contribution in [3.63, 3.8) is 0 Å². The molecule has 0 aliphatic rings. The van der Waals surface area contributed by atoms with Crippen molar-refractivity contribution in [2.75, 3.05) is 6.54 Å². The maximum atomic E-state index is 5.09. The third kappa shape index (κ3) is 4.72. The van der Waals surface area contributed by atoms with Gasteiger partial charge in [0.15, 0.2) is 5.11 Å². The SMILES string of the molecule is CCCCNC(=S)N/N=C(/C)c1cccs1. The second-order valence-electron chi connectivity index (χ2n) is 3.40. The fraction of sp³-hybridized carbons (Fsp3) is 0.455. The van der Waals surface area contributed by atoms with Gasteiger partial charge in [0.25, 0.3) is 0 Å². The van der Waals surface area contributed by atoms with Gasteiger partial charge in [-0.05, 0) is 37.0 Å². The molecule has 0 unspecified atom stereocenters. The molecular weight excluding hydrogens is 238 g/mol. The van der Waals surface area contributed by atoms with E-state index < -0.39 is 0 Å². The maximum Gasteiger partial charge on any atom is 0.186 e. The van der Waals surface area contributed by atoms with E-state index in [9.17, 15) is 0 Å². The number of thiophene rings is 1. The Hall–Kier alpha value is -0.940. The molecule has 0 saturated carbocycles. The number of unbranched alkanes of at least 4 members (excludes halogenated alkanes) is 1. The van der Waals surface area contributed by atoms with Crippen molar-refractivity contribution in [2.24, 2.45) is 5.10 Å². The zero-order chi connectivity index (χ0) is 11.8. The zero-order valence-electron chi connectivity index (χ0n) is 9.62. The molecule has 0 aliphatic carbocycles. The molecule has 1 rings (SSSR count). The lowest BCUT2D eigenvalue weighted by atomic mass is 10.3. The minimum Gasteiger partial charge on any atom is -0.361 e. The molecule has 2 N–H and O–H groups in total. The smallest absolute Gasteiger partial charge is 0.186 e. The van der Waals surface area contributed by atoms with E-state index in [0.717, 1.165) is 30.0 Å². The van der Waals surface area contributed by atoms with Crippen molar-refractivity contribution in [1.82, 2.24) is 10.7 Å². The standard InChI is InChI=1S/C11H17N3S2/c1-3-4-7-12-11(15)14-13-9(2)10-6-5-8-16-10/h5-6,8H,3-4,7H2,1-2H3,(H2,12,14,15)/b13-9-. The fourth-order valence-electron chi connectivity index (χ4n) is 1.09. The van der Waals surface area contributed by atoms with Crippen LogP contribution in [0, 0.1) is 0 Å². The summed E-state index contributed by atoms with van der Waals surface area (Å²) in [5, 5.41) is 9.94. The Labute approximate surface area is 106 Å². The molecule has 0 radical (unpaired) electrons. The number of rotatable bonds is 5. The highest BCUT2D eigenvalue weighted by atomic mass is 32.1. The highest BCUT2D eigenvalue weighted by Crippen LogP contribution is 2.08. The van der Waals surface area contributed by atoms with Crippen molar-refractivity contribution < 1.29 is 0 Å². The summed E-state index contributed by atoms with van der Waals surface area (Å²) in [6.45, 7) is 5.01. The third-order valence-corrected chi connectivity index (χ3v) is 3.23. The molecule has 0 fully saturated rings. The summed E-state index contributed by atoms with van der Waals surface area (Å²) in [5.74, 6) is 0. The summed E-state index contributed by atoms with van der Waals surface area (Å²) >= 11 is 6.76. The van der Waals surface area contributed by atoms with Gasteiger partial charge in [-0.1, -0.05) is 19.4 Å². The van der Waals surface area contributed by atoms with Gasteiger partial charge in [-0.25, -0.2) is 0 Å². The Bertz CT molecular complexity index is 344. The molecule has 88 valence electrons. The lowest BCUT2D eigenvalue weighted by Gasteiger charge is -2.06. The highest BCUT2D eigenvalue weighted by Gasteiger charge is 1.98. The quantitative estimate of drug-likeness (QED) is 0.368. The summed E-state index contributed by atoms with van der Waals surface area (Å²) < 4.78 is 0. The molecule has 0 saturated heterocycles. The summed E-state index contributed by atoms with van der Waals surface area (Å²) in [6.07, 6.45) is 2.28. The van der Waals surface area contributed by atoms with Crippen LogP contribution in [0.15, 0.2) is 22.6 Å². The Kier molecular flexibility index (Phi) is 6.03. The molecule has 0 aliphatic heterocycles. The summed E-state index contributed by atoms with van der Waals surface area (Å²) in [6, 6.07) is 4.05. The van der Waals surface area contributed by atoms with Crippen LogP contribution in [0.5, 0.6) is 0 Å². The van der Waals surface area contributed by atoms with Gasteiger partial charge in [-0.2, -0.15) is 5.10 Å². The summed E-state index contributed by atoms with van der Waals surface area (Å²) in [4.78, 5) is 1.16. The fourth-order valence-corrected chi connectivity index (χ4v) is 1.92. The molecule has 0 amide bonds. The second-order valence-corrected chi connectivity index (χ2v) is 4.75. The monoisotopic (exact) mass is 255 g/mol. The van der Waals surface area contributed by atoms with Crippen molar-refractivity contribution >= 4 is 34.4 Å². The van der Waals surface area contributed by atoms with E-state index in [4.69, 9.17) is 12.2 Å². The molecule has 1 aromatic heterocycles. The van der Waals surface area contributed by atoms with Crippen LogP contribution >= 0.6 is 23.6 Å². The lowest BCUT2D eigenvalue weighted by molar-refractivity contribution is 0.745. The molecular formula is C11H17N3S2. The Morgan fingerprint density at radius 1 is 1.56 bits per heavy atom. The van der Waals surface area contributed by atoms with E-state index in [0.29, 0.717) is 5.11 Å². The van der Waals surface area contributed by atoms with E-state index in [1.807, 2.05) is 24.4 Å². The number of nitrogens with zero attached hydrogens (tertiary/aromatic N) is 1. The first-order chi connectivity index (χ1) is 7.74. The van der Waals surface area contributed by atoms with Crippen LogP contribution in [0.3, 0.4) is 0 Å². The lowest BCUT2D eigenvalue weighted by Crippen LogP contribution is -2.33. The molecule has 3 nitrogen and oxygen atoms in total. The maximum absolute atomic E-state index is 5.09. The Balaban J connectivity index is 2.32. The zero-order valence-corrected chi connectivity index (χ0v) is 11.3. The number of hydrogen-bond donors (Lipinski definition) is 2. The first-order valence-corrected chi connectivity index (χ1v) is 6.65. The summed E-state index contributed by atoms with van der Waals surface area (Å²) in [7, 11) is 0. The summed E-state index contributed by atoms with van der Waals surface area (Å²) in [5.41, 5.74) is 3.80. The average molecular weight is 255 g/mol. The molecule has 0 bridgehead atoms. The molecule has 1 aromatic rings. The predicted molar refractivity (Wildman–Crippen MR) is 75.2 cm³/mol. The number of nitrogens with one attached hydrogen (secondary N) is 2. The van der Waals surface area contributed by atoms with Crippen molar-refractivity contribution in [1.29, 1.82) is 0 Å². The predicted octanol–water partition coefficient (Wildman–Crippen LogP) is 2.74. The van der Waals surface area contributed by atoms with Crippen molar-refractivity contribution in [3.8, 4) is 0 Å². The van der Waals surface area contributed by atoms with Gasteiger partial charge < -0.3 is 5.32 Å². The molecule has 1 heterocycles. The largest absolute Gasteiger partial charge is 0.361 e. The third-order valence-electron chi connectivity index (χ3n) is 2.02. The highest BCUT2D eigenvalue weighted by molar-refractivity contribution is 7.80. The molecule has 5 heteroatoms. The van der Waals surface area contributed by atoms with E-state index in [1.165, 1.54) is 0 Å². The van der Waals surface area contributed by atoms with Crippen LogP contribution in [0.2, 0.25) is 0 Å². The van der Waals surface area contributed by atoms with Gasteiger partial charge in [0, 0.05) is 11.4 Å². The van der Waals surface area contributed by atoms with E-state index in [2.05, 4.69) is 22.8 Å². The normalized spacial score (nSPS) is 11.2. The van der Waals surface area contributed by atoms with Crippen LogP contribution in [-0.2, 0) is 0 Å². The van der Waals surface area contributed by atoms with Crippen LogP contribution in [-0.4, -0.2) is 17.4 Å². The second kappa shape index (κ2) is 7.35. The van der Waals surface area contributed by atoms with Crippen LogP contribution < -0.4 is 10.7 Å². The Morgan fingerprint density at radius 3 is 3.00 bits per heavy atom. The number of hydrazone groups is 1. The molecule has 16 heavy (non-hydrogen) atoms. The van der Waals surface area contributed by atoms with E-state index >= 15 is 0 Å². The van der Waals surface area contributed by atoms with Gasteiger partial charge in [0.2, 0.25) is 0 Å².